The number of hydrogen-bond acceptors (Lipinski definition) is 3. The largest absolute Gasteiger partial charge is 0.341 e. The summed E-state index contributed by atoms with van der Waals surface area (Å²) in [5.41, 5.74) is 2.28. The van der Waals surface area contributed by atoms with Crippen molar-refractivity contribution >= 4 is 28.7 Å². The minimum absolute atomic E-state index is 0.0664. The molecule has 3 amide bonds. The highest BCUT2D eigenvalue weighted by molar-refractivity contribution is 5.89. The third-order valence-electron chi connectivity index (χ3n) is 5.85. The molecule has 1 aromatic heterocycles. The number of anilines is 1. The van der Waals surface area contributed by atoms with E-state index in [0.717, 1.165) is 42.7 Å². The predicted octanol–water partition coefficient (Wildman–Crippen LogP) is 3.80. The molecule has 168 valence electrons. The Morgan fingerprint density at radius 2 is 2.03 bits per heavy atom. The van der Waals surface area contributed by atoms with Crippen molar-refractivity contribution in [1.29, 1.82) is 0 Å². The van der Waals surface area contributed by atoms with Crippen LogP contribution in [-0.4, -0.2) is 46.0 Å². The Hall–Kier alpha value is -3.42. The van der Waals surface area contributed by atoms with Crippen LogP contribution in [0.3, 0.4) is 0 Å². The van der Waals surface area contributed by atoms with E-state index < -0.39 is 5.82 Å². The van der Waals surface area contributed by atoms with Gasteiger partial charge in [-0.25, -0.2) is 14.2 Å². The van der Waals surface area contributed by atoms with Gasteiger partial charge in [0.2, 0.25) is 5.91 Å². The van der Waals surface area contributed by atoms with Crippen LogP contribution in [0.5, 0.6) is 0 Å². The second-order valence-electron chi connectivity index (χ2n) is 8.15. The first-order valence-corrected chi connectivity index (χ1v) is 11.1. The second-order valence-corrected chi connectivity index (χ2v) is 8.15. The number of benzene rings is 2. The van der Waals surface area contributed by atoms with E-state index in [2.05, 4.69) is 15.6 Å². The molecule has 1 aliphatic heterocycles. The highest BCUT2D eigenvalue weighted by Crippen LogP contribution is 2.20. The summed E-state index contributed by atoms with van der Waals surface area (Å²) in [6.07, 6.45) is 2.60. The molecule has 1 aliphatic rings. The van der Waals surface area contributed by atoms with Crippen molar-refractivity contribution < 1.29 is 14.0 Å². The fourth-order valence-corrected chi connectivity index (χ4v) is 4.24. The maximum atomic E-state index is 13.3. The highest BCUT2D eigenvalue weighted by atomic mass is 19.1. The zero-order valence-corrected chi connectivity index (χ0v) is 18.2. The van der Waals surface area contributed by atoms with Gasteiger partial charge in [-0.1, -0.05) is 25.1 Å². The Labute approximate surface area is 186 Å². The number of piperidine rings is 1. The highest BCUT2D eigenvalue weighted by Gasteiger charge is 2.25. The molecule has 0 saturated carbocycles. The summed E-state index contributed by atoms with van der Waals surface area (Å²) in [5, 5.41) is 5.48. The topological polar surface area (TPSA) is 79.3 Å². The molecule has 4 rings (SSSR count). The minimum atomic E-state index is -0.402. The van der Waals surface area contributed by atoms with Gasteiger partial charge in [-0.2, -0.15) is 0 Å². The minimum Gasteiger partial charge on any atom is -0.341 e. The molecule has 8 heteroatoms. The maximum absolute atomic E-state index is 13.3. The number of para-hydroxylation sites is 2. The lowest BCUT2D eigenvalue weighted by molar-refractivity contribution is -0.133. The molecule has 0 unspecified atom stereocenters. The van der Waals surface area contributed by atoms with Gasteiger partial charge in [-0.05, 0) is 49.1 Å². The number of carbonyl (C=O) groups excluding carboxylic acids is 2. The zero-order chi connectivity index (χ0) is 22.5. The van der Waals surface area contributed by atoms with Gasteiger partial charge in [0.15, 0.2) is 0 Å². The third kappa shape index (κ3) is 5.07. The van der Waals surface area contributed by atoms with E-state index in [1.807, 2.05) is 40.7 Å². The van der Waals surface area contributed by atoms with Crippen LogP contribution in [0.4, 0.5) is 14.9 Å². The molecule has 2 N–H and O–H groups in total. The molecule has 2 aromatic carbocycles. The number of aromatic nitrogens is 2. The number of hydrogen-bond donors (Lipinski definition) is 2. The van der Waals surface area contributed by atoms with Gasteiger partial charge in [0.25, 0.3) is 0 Å². The number of nitrogens with zero attached hydrogens (tertiary/aromatic N) is 3. The van der Waals surface area contributed by atoms with Gasteiger partial charge in [0.1, 0.15) is 18.2 Å². The number of aryl methyl sites for hydroxylation is 1. The van der Waals surface area contributed by atoms with Crippen molar-refractivity contribution in [3.8, 4) is 0 Å². The number of rotatable bonds is 6. The van der Waals surface area contributed by atoms with E-state index in [1.54, 1.807) is 12.1 Å². The Morgan fingerprint density at radius 3 is 2.84 bits per heavy atom. The van der Waals surface area contributed by atoms with Crippen LogP contribution < -0.4 is 10.6 Å². The number of nitrogens with one attached hydrogen (secondary N) is 2. The first-order valence-electron chi connectivity index (χ1n) is 11.1. The molecule has 0 radical (unpaired) electrons. The van der Waals surface area contributed by atoms with E-state index >= 15 is 0 Å². The van der Waals surface area contributed by atoms with Crippen LogP contribution in [0, 0.1) is 11.7 Å². The summed E-state index contributed by atoms with van der Waals surface area (Å²) in [6, 6.07) is 13.3. The molecular weight excluding hydrogens is 409 g/mol. The van der Waals surface area contributed by atoms with Crippen molar-refractivity contribution in [3.05, 3.63) is 60.2 Å². The van der Waals surface area contributed by atoms with Crippen molar-refractivity contribution in [2.75, 3.05) is 25.0 Å². The van der Waals surface area contributed by atoms with Gasteiger partial charge in [-0.3, -0.25) is 4.79 Å². The molecule has 32 heavy (non-hydrogen) atoms. The SMILES string of the molecule is CCc1nc2ccccc2n1CC(=O)N1CCC[C@@H](CNC(=O)Nc2cccc(F)c2)C1. The van der Waals surface area contributed by atoms with Crippen molar-refractivity contribution in [3.63, 3.8) is 0 Å². The molecule has 0 aliphatic carbocycles. The Kier molecular flexibility index (Phi) is 6.68. The molecular formula is C24H28FN5O2. The van der Waals surface area contributed by atoms with Gasteiger partial charge < -0.3 is 20.1 Å². The number of halogens is 1. The lowest BCUT2D eigenvalue weighted by Gasteiger charge is -2.33. The fourth-order valence-electron chi connectivity index (χ4n) is 4.24. The lowest BCUT2D eigenvalue weighted by Crippen LogP contribution is -2.45. The predicted molar refractivity (Wildman–Crippen MR) is 122 cm³/mol. The Bertz CT molecular complexity index is 1110. The summed E-state index contributed by atoms with van der Waals surface area (Å²) < 4.78 is 15.3. The molecule has 0 spiro atoms. The first kappa shape index (κ1) is 21.8. The molecule has 2 heterocycles. The number of amides is 3. The number of urea groups is 1. The van der Waals surface area contributed by atoms with Crippen LogP contribution in [-0.2, 0) is 17.8 Å². The van der Waals surface area contributed by atoms with E-state index in [0.29, 0.717) is 18.8 Å². The van der Waals surface area contributed by atoms with Gasteiger partial charge >= 0.3 is 6.03 Å². The lowest BCUT2D eigenvalue weighted by atomic mass is 9.98. The summed E-state index contributed by atoms with van der Waals surface area (Å²) >= 11 is 0. The van der Waals surface area contributed by atoms with Crippen molar-refractivity contribution in [2.45, 2.75) is 32.7 Å². The van der Waals surface area contributed by atoms with Crippen molar-refractivity contribution in [2.24, 2.45) is 5.92 Å². The van der Waals surface area contributed by atoms with Crippen LogP contribution in [0.15, 0.2) is 48.5 Å². The molecule has 1 saturated heterocycles. The van der Waals surface area contributed by atoms with Crippen LogP contribution in [0.25, 0.3) is 11.0 Å². The first-order chi connectivity index (χ1) is 15.5. The zero-order valence-electron chi connectivity index (χ0n) is 18.2. The van der Waals surface area contributed by atoms with E-state index in [9.17, 15) is 14.0 Å². The van der Waals surface area contributed by atoms with Gasteiger partial charge in [0.05, 0.1) is 11.0 Å². The van der Waals surface area contributed by atoms with Gasteiger partial charge in [-0.15, -0.1) is 0 Å². The Balaban J connectivity index is 1.33. The van der Waals surface area contributed by atoms with Crippen LogP contribution in [0.1, 0.15) is 25.6 Å². The molecule has 1 atom stereocenters. The molecule has 0 bridgehead atoms. The number of likely N-dealkylation sites (tertiary alicyclic amines) is 1. The molecule has 7 nitrogen and oxygen atoms in total. The van der Waals surface area contributed by atoms with Gasteiger partial charge in [0, 0.05) is 31.7 Å². The summed E-state index contributed by atoms with van der Waals surface area (Å²) in [4.78, 5) is 31.8. The van der Waals surface area contributed by atoms with Crippen LogP contribution in [0.2, 0.25) is 0 Å². The summed E-state index contributed by atoms with van der Waals surface area (Å²) in [7, 11) is 0. The normalized spacial score (nSPS) is 16.2. The number of carbonyl (C=O) groups is 2. The monoisotopic (exact) mass is 437 g/mol. The van der Waals surface area contributed by atoms with Crippen molar-refractivity contribution in [1.82, 2.24) is 19.8 Å². The second kappa shape index (κ2) is 9.80. The average Bonchev–Trinajstić information content (AvgIpc) is 3.15. The summed E-state index contributed by atoms with van der Waals surface area (Å²) in [5.74, 6) is 0.748. The molecule has 3 aromatic rings. The third-order valence-corrected chi connectivity index (χ3v) is 5.85. The van der Waals surface area contributed by atoms with E-state index in [-0.39, 0.29) is 24.4 Å². The standard InChI is InChI=1S/C24H28FN5O2/c1-2-22-28-20-10-3-4-11-21(20)30(22)16-23(31)29-12-6-7-17(15-29)14-26-24(32)27-19-9-5-8-18(25)13-19/h3-5,8-11,13,17H,2,6-7,12,14-16H2,1H3,(H2,26,27,32)/t17-/m0/s1. The number of imidazole rings is 1. The summed E-state index contributed by atoms with van der Waals surface area (Å²) in [6.45, 7) is 4.09. The quantitative estimate of drug-likeness (QED) is 0.616. The smallest absolute Gasteiger partial charge is 0.319 e. The van der Waals surface area contributed by atoms with Crippen LogP contribution >= 0.6 is 0 Å². The Morgan fingerprint density at radius 1 is 1.19 bits per heavy atom. The van der Waals surface area contributed by atoms with E-state index in [1.165, 1.54) is 12.1 Å². The average molecular weight is 438 g/mol. The molecule has 1 fully saturated rings. The number of fused-ring (bicyclic) bond motifs is 1. The maximum Gasteiger partial charge on any atom is 0.319 e. The fraction of sp³-hybridized carbons (Fsp3) is 0.375. The van der Waals surface area contributed by atoms with E-state index in [4.69, 9.17) is 0 Å².